The van der Waals surface area contributed by atoms with Gasteiger partial charge in [-0.05, 0) is 68.0 Å². The van der Waals surface area contributed by atoms with Gasteiger partial charge in [-0.15, -0.1) is 11.3 Å². The first kappa shape index (κ1) is 17.8. The minimum absolute atomic E-state index is 0.0402. The van der Waals surface area contributed by atoms with Crippen molar-refractivity contribution in [2.45, 2.75) is 51.7 Å². The summed E-state index contributed by atoms with van der Waals surface area (Å²) in [6, 6.07) is 6.26. The highest BCUT2D eigenvalue weighted by Crippen LogP contribution is 2.43. The van der Waals surface area contributed by atoms with Crippen LogP contribution in [0.3, 0.4) is 0 Å². The van der Waals surface area contributed by atoms with Crippen molar-refractivity contribution >= 4 is 40.2 Å². The lowest BCUT2D eigenvalue weighted by molar-refractivity contribution is -0.117. The molecule has 0 spiro atoms. The fourth-order valence-corrected chi connectivity index (χ4v) is 4.92. The highest BCUT2D eigenvalue weighted by Gasteiger charge is 2.44. The second-order valence-electron chi connectivity index (χ2n) is 7.50. The van der Waals surface area contributed by atoms with E-state index in [1.54, 1.807) is 11.3 Å². The maximum Gasteiger partial charge on any atom is 0.227 e. The zero-order valence-electron chi connectivity index (χ0n) is 15.0. The molecule has 0 saturated heterocycles. The van der Waals surface area contributed by atoms with E-state index in [1.807, 2.05) is 13.8 Å². The SMILES string of the molecule is Cc1cc(N2CCc3sc(Cl)cc3C2)cc(C)c1NC(=O)CC1(F)CC1. The fourth-order valence-electron chi connectivity index (χ4n) is 3.62. The minimum atomic E-state index is -1.26. The highest BCUT2D eigenvalue weighted by atomic mass is 35.5. The molecule has 26 heavy (non-hydrogen) atoms. The van der Waals surface area contributed by atoms with Crippen molar-refractivity contribution in [3.8, 4) is 0 Å². The molecule has 1 aromatic heterocycles. The number of fused-ring (bicyclic) bond motifs is 1. The van der Waals surface area contributed by atoms with Crippen LogP contribution in [0.15, 0.2) is 18.2 Å². The number of alkyl halides is 1. The summed E-state index contributed by atoms with van der Waals surface area (Å²) in [5.74, 6) is -0.237. The van der Waals surface area contributed by atoms with Gasteiger partial charge in [-0.3, -0.25) is 4.79 Å². The number of rotatable bonds is 4. The minimum Gasteiger partial charge on any atom is -0.367 e. The van der Waals surface area contributed by atoms with Gasteiger partial charge in [0.25, 0.3) is 0 Å². The van der Waals surface area contributed by atoms with Gasteiger partial charge >= 0.3 is 0 Å². The lowest BCUT2D eigenvalue weighted by atomic mass is 10.0. The normalized spacial score (nSPS) is 17.8. The number of amides is 1. The van der Waals surface area contributed by atoms with E-state index < -0.39 is 5.67 Å². The molecule has 1 aliphatic heterocycles. The van der Waals surface area contributed by atoms with Crippen molar-refractivity contribution in [1.82, 2.24) is 0 Å². The molecule has 0 atom stereocenters. The molecule has 2 heterocycles. The van der Waals surface area contributed by atoms with Crippen molar-refractivity contribution < 1.29 is 9.18 Å². The monoisotopic (exact) mass is 392 g/mol. The molecule has 1 N–H and O–H groups in total. The third kappa shape index (κ3) is 3.60. The molecule has 3 nitrogen and oxygen atoms in total. The van der Waals surface area contributed by atoms with E-state index in [0.717, 1.165) is 46.3 Å². The van der Waals surface area contributed by atoms with Gasteiger partial charge in [0.05, 0.1) is 10.8 Å². The average molecular weight is 393 g/mol. The van der Waals surface area contributed by atoms with Crippen molar-refractivity contribution in [2.24, 2.45) is 0 Å². The molecular formula is C20H22ClFN2OS. The van der Waals surface area contributed by atoms with Crippen LogP contribution >= 0.6 is 22.9 Å². The summed E-state index contributed by atoms with van der Waals surface area (Å²) in [4.78, 5) is 15.8. The summed E-state index contributed by atoms with van der Waals surface area (Å²) in [6.45, 7) is 5.79. The second-order valence-corrected chi connectivity index (χ2v) is 9.27. The molecule has 1 saturated carbocycles. The van der Waals surface area contributed by atoms with E-state index in [0.29, 0.717) is 12.8 Å². The number of nitrogens with zero attached hydrogens (tertiary/aromatic N) is 1. The number of halogens is 2. The number of carbonyl (C=O) groups is 1. The molecule has 6 heteroatoms. The lowest BCUT2D eigenvalue weighted by Crippen LogP contribution is -2.29. The number of anilines is 2. The van der Waals surface area contributed by atoms with Crippen LogP contribution in [0.5, 0.6) is 0 Å². The third-order valence-corrected chi connectivity index (χ3v) is 6.62. The van der Waals surface area contributed by atoms with Gasteiger partial charge in [-0.25, -0.2) is 4.39 Å². The highest BCUT2D eigenvalue weighted by molar-refractivity contribution is 7.16. The standard InChI is InChI=1S/C20H22ClFN2OS/c1-12-7-15(24-6-3-16-14(11-24)9-17(21)26-16)8-13(2)19(12)23-18(25)10-20(22)4-5-20/h7-9H,3-6,10-11H2,1-2H3,(H,23,25). The average Bonchev–Trinajstić information content (AvgIpc) is 3.16. The maximum atomic E-state index is 13.8. The molecule has 0 radical (unpaired) electrons. The largest absolute Gasteiger partial charge is 0.367 e. The van der Waals surface area contributed by atoms with E-state index in [1.165, 1.54) is 10.4 Å². The molecule has 2 aromatic rings. The van der Waals surface area contributed by atoms with Crippen LogP contribution in [0.1, 0.15) is 40.8 Å². The van der Waals surface area contributed by atoms with E-state index >= 15 is 0 Å². The summed E-state index contributed by atoms with van der Waals surface area (Å²) in [5, 5.41) is 2.91. The molecule has 1 aliphatic carbocycles. The summed E-state index contributed by atoms with van der Waals surface area (Å²) >= 11 is 7.82. The number of hydrogen-bond acceptors (Lipinski definition) is 3. The Morgan fingerprint density at radius 3 is 2.65 bits per heavy atom. The predicted molar refractivity (Wildman–Crippen MR) is 106 cm³/mol. The van der Waals surface area contributed by atoms with Crippen molar-refractivity contribution in [3.63, 3.8) is 0 Å². The zero-order chi connectivity index (χ0) is 18.5. The topological polar surface area (TPSA) is 32.3 Å². The zero-order valence-corrected chi connectivity index (χ0v) is 16.6. The van der Waals surface area contributed by atoms with Crippen LogP contribution < -0.4 is 10.2 Å². The maximum absolute atomic E-state index is 13.8. The van der Waals surface area contributed by atoms with Crippen LogP contribution in [0.2, 0.25) is 4.34 Å². The van der Waals surface area contributed by atoms with Crippen molar-refractivity contribution in [1.29, 1.82) is 0 Å². The van der Waals surface area contributed by atoms with Crippen LogP contribution in [0, 0.1) is 13.8 Å². The Morgan fingerprint density at radius 2 is 2.00 bits per heavy atom. The van der Waals surface area contributed by atoms with Crippen molar-refractivity contribution in [3.05, 3.63) is 44.1 Å². The van der Waals surface area contributed by atoms with E-state index in [2.05, 4.69) is 28.4 Å². The fraction of sp³-hybridized carbons (Fsp3) is 0.450. The Hall–Kier alpha value is -1.59. The van der Waals surface area contributed by atoms with Gasteiger partial charge in [-0.1, -0.05) is 11.6 Å². The van der Waals surface area contributed by atoms with Crippen LogP contribution in [0.25, 0.3) is 0 Å². The molecule has 2 aliphatic rings. The number of carbonyl (C=O) groups excluding carboxylic acids is 1. The molecule has 1 fully saturated rings. The van der Waals surface area contributed by atoms with Crippen LogP contribution in [-0.4, -0.2) is 18.1 Å². The Morgan fingerprint density at radius 1 is 1.31 bits per heavy atom. The smallest absolute Gasteiger partial charge is 0.227 e. The quantitative estimate of drug-likeness (QED) is 0.754. The molecule has 0 bridgehead atoms. The summed E-state index contributed by atoms with van der Waals surface area (Å²) < 4.78 is 14.7. The van der Waals surface area contributed by atoms with Gasteiger partial charge in [0.1, 0.15) is 5.67 Å². The molecule has 1 aromatic carbocycles. The number of benzene rings is 1. The van der Waals surface area contributed by atoms with Gasteiger partial charge in [0, 0.05) is 29.3 Å². The number of nitrogens with one attached hydrogen (secondary N) is 1. The molecule has 0 unspecified atom stereocenters. The number of aryl methyl sites for hydroxylation is 2. The second kappa shape index (κ2) is 6.54. The van der Waals surface area contributed by atoms with Crippen LogP contribution in [-0.2, 0) is 17.8 Å². The van der Waals surface area contributed by atoms with Gasteiger partial charge < -0.3 is 10.2 Å². The summed E-state index contributed by atoms with van der Waals surface area (Å²) in [7, 11) is 0. The summed E-state index contributed by atoms with van der Waals surface area (Å²) in [5.41, 5.74) is 4.00. The van der Waals surface area contributed by atoms with Crippen LogP contribution in [0.4, 0.5) is 15.8 Å². The van der Waals surface area contributed by atoms with Gasteiger partial charge in [-0.2, -0.15) is 0 Å². The van der Waals surface area contributed by atoms with E-state index in [-0.39, 0.29) is 12.3 Å². The molecule has 138 valence electrons. The molecule has 1 amide bonds. The van der Waals surface area contributed by atoms with Crippen molar-refractivity contribution in [2.75, 3.05) is 16.8 Å². The third-order valence-electron chi connectivity index (χ3n) is 5.25. The Kier molecular flexibility index (Phi) is 4.48. The first-order chi connectivity index (χ1) is 12.3. The predicted octanol–water partition coefficient (Wildman–Crippen LogP) is 5.41. The summed E-state index contributed by atoms with van der Waals surface area (Å²) in [6.07, 6.45) is 1.96. The first-order valence-corrected chi connectivity index (χ1v) is 10.1. The molecular weight excluding hydrogens is 371 g/mol. The molecule has 4 rings (SSSR count). The number of hydrogen-bond donors (Lipinski definition) is 1. The Bertz CT molecular complexity index is 852. The number of thiophene rings is 1. The van der Waals surface area contributed by atoms with E-state index in [9.17, 15) is 9.18 Å². The van der Waals surface area contributed by atoms with E-state index in [4.69, 9.17) is 11.6 Å². The van der Waals surface area contributed by atoms with Gasteiger partial charge in [0.2, 0.25) is 5.91 Å². The Labute approximate surface area is 162 Å². The Balaban J connectivity index is 1.51. The lowest BCUT2D eigenvalue weighted by Gasteiger charge is -2.30. The van der Waals surface area contributed by atoms with Gasteiger partial charge in [0.15, 0.2) is 0 Å². The first-order valence-electron chi connectivity index (χ1n) is 8.95.